The number of hydrogen-bond donors (Lipinski definition) is 0. The van der Waals surface area contributed by atoms with Crippen molar-refractivity contribution in [2.24, 2.45) is 11.8 Å². The predicted octanol–water partition coefficient (Wildman–Crippen LogP) is 5.70. The monoisotopic (exact) mass is 320 g/mol. The lowest BCUT2D eigenvalue weighted by molar-refractivity contribution is 0.151. The van der Waals surface area contributed by atoms with E-state index in [4.69, 9.17) is 0 Å². The first kappa shape index (κ1) is 18.4. The molecule has 0 amide bonds. The minimum Gasteiger partial charge on any atom is -0.247 e. The van der Waals surface area contributed by atoms with Gasteiger partial charge in [0.25, 0.3) is 0 Å². The van der Waals surface area contributed by atoms with E-state index in [0.29, 0.717) is 6.42 Å². The molecule has 1 aliphatic carbocycles. The third-order valence-corrected chi connectivity index (χ3v) is 5.32. The fourth-order valence-electron chi connectivity index (χ4n) is 3.80. The molecule has 2 rings (SSSR count). The number of alkyl halides is 1. The molecule has 1 fully saturated rings. The van der Waals surface area contributed by atoms with E-state index in [0.717, 1.165) is 43.0 Å². The number of unbranched alkanes of at least 4 members (excludes halogenated alkanes) is 2. The molecular formula is C20H33FN2. The number of aromatic nitrogens is 2. The van der Waals surface area contributed by atoms with Crippen LogP contribution in [-0.2, 0) is 12.8 Å². The zero-order chi connectivity index (χ0) is 16.5. The lowest BCUT2D eigenvalue weighted by Gasteiger charge is -2.30. The summed E-state index contributed by atoms with van der Waals surface area (Å²) in [7, 11) is 0. The van der Waals surface area contributed by atoms with E-state index in [1.165, 1.54) is 38.5 Å². The van der Waals surface area contributed by atoms with E-state index in [2.05, 4.69) is 24.0 Å². The molecule has 1 aliphatic rings. The zero-order valence-corrected chi connectivity index (χ0v) is 14.9. The van der Waals surface area contributed by atoms with Gasteiger partial charge in [-0.3, -0.25) is 0 Å². The molecule has 2 nitrogen and oxygen atoms in total. The number of rotatable bonds is 9. The van der Waals surface area contributed by atoms with Gasteiger partial charge in [0.2, 0.25) is 0 Å². The maximum absolute atomic E-state index is 14.6. The van der Waals surface area contributed by atoms with Gasteiger partial charge in [0.1, 0.15) is 6.17 Å². The summed E-state index contributed by atoms with van der Waals surface area (Å²) in [5.41, 5.74) is 1.85. The number of nitrogens with zero attached hydrogens (tertiary/aromatic N) is 2. The van der Waals surface area contributed by atoms with E-state index in [1.807, 2.05) is 12.1 Å². The largest absolute Gasteiger partial charge is 0.247 e. The second kappa shape index (κ2) is 10.00. The zero-order valence-electron chi connectivity index (χ0n) is 14.9. The average Bonchev–Trinajstić information content (AvgIpc) is 2.57. The Morgan fingerprint density at radius 3 is 2.30 bits per heavy atom. The standard InChI is InChI=1S/C20H33FN2/c1-3-5-6-8-18-13-14-19(23-22-18)15-20(21)17-11-9-16(7-4-2)10-12-17/h13-14,16-17,20H,3-12,15H2,1-2H3. The third kappa shape index (κ3) is 6.19. The summed E-state index contributed by atoms with van der Waals surface area (Å²) >= 11 is 0. The fraction of sp³-hybridized carbons (Fsp3) is 0.800. The molecule has 0 bridgehead atoms. The van der Waals surface area contributed by atoms with Gasteiger partial charge in [0.15, 0.2) is 0 Å². The van der Waals surface area contributed by atoms with Crippen LogP contribution in [0.15, 0.2) is 12.1 Å². The highest BCUT2D eigenvalue weighted by Gasteiger charge is 2.27. The minimum absolute atomic E-state index is 0.231. The van der Waals surface area contributed by atoms with E-state index >= 15 is 0 Å². The highest BCUT2D eigenvalue weighted by atomic mass is 19.1. The normalized spacial score (nSPS) is 22.9. The second-order valence-corrected chi connectivity index (χ2v) is 7.26. The van der Waals surface area contributed by atoms with Gasteiger partial charge in [0.05, 0.1) is 11.4 Å². The van der Waals surface area contributed by atoms with Crippen molar-refractivity contribution in [1.29, 1.82) is 0 Å². The van der Waals surface area contributed by atoms with E-state index < -0.39 is 6.17 Å². The first-order valence-electron chi connectivity index (χ1n) is 9.68. The molecular weight excluding hydrogens is 287 g/mol. The molecule has 1 atom stereocenters. The van der Waals surface area contributed by atoms with Crippen LogP contribution in [0.5, 0.6) is 0 Å². The van der Waals surface area contributed by atoms with Crippen LogP contribution in [0.2, 0.25) is 0 Å². The number of halogens is 1. The van der Waals surface area contributed by atoms with Crippen LogP contribution in [0.25, 0.3) is 0 Å². The van der Waals surface area contributed by atoms with Crippen LogP contribution in [0.3, 0.4) is 0 Å². The Morgan fingerprint density at radius 2 is 1.70 bits per heavy atom. The molecule has 0 N–H and O–H groups in total. The molecule has 1 aromatic rings. The highest BCUT2D eigenvalue weighted by Crippen LogP contribution is 2.35. The molecule has 0 spiro atoms. The van der Waals surface area contributed by atoms with Crippen LogP contribution in [0, 0.1) is 11.8 Å². The molecule has 130 valence electrons. The Kier molecular flexibility index (Phi) is 7.98. The summed E-state index contributed by atoms with van der Waals surface area (Å²) in [5.74, 6) is 1.07. The van der Waals surface area contributed by atoms with Gasteiger partial charge >= 0.3 is 0 Å². The maximum atomic E-state index is 14.6. The Morgan fingerprint density at radius 1 is 1.00 bits per heavy atom. The SMILES string of the molecule is CCCCCc1ccc(CC(F)C2CCC(CCC)CC2)nn1. The van der Waals surface area contributed by atoms with Crippen LogP contribution in [-0.4, -0.2) is 16.4 Å². The van der Waals surface area contributed by atoms with Crippen molar-refractivity contribution in [1.82, 2.24) is 10.2 Å². The van der Waals surface area contributed by atoms with Crippen molar-refractivity contribution in [2.75, 3.05) is 0 Å². The van der Waals surface area contributed by atoms with Crippen molar-refractivity contribution in [3.63, 3.8) is 0 Å². The van der Waals surface area contributed by atoms with Gasteiger partial charge in [-0.1, -0.05) is 52.4 Å². The van der Waals surface area contributed by atoms with Gasteiger partial charge in [-0.05, 0) is 49.7 Å². The Bertz CT molecular complexity index is 424. The van der Waals surface area contributed by atoms with Gasteiger partial charge in [-0.15, -0.1) is 0 Å². The molecule has 1 heterocycles. The van der Waals surface area contributed by atoms with Crippen LogP contribution >= 0.6 is 0 Å². The van der Waals surface area contributed by atoms with Gasteiger partial charge in [-0.25, -0.2) is 4.39 Å². The van der Waals surface area contributed by atoms with Gasteiger partial charge in [0, 0.05) is 6.42 Å². The molecule has 23 heavy (non-hydrogen) atoms. The second-order valence-electron chi connectivity index (χ2n) is 7.26. The van der Waals surface area contributed by atoms with Crippen LogP contribution in [0.1, 0.15) is 83.0 Å². The Hall–Kier alpha value is -0.990. The van der Waals surface area contributed by atoms with Gasteiger partial charge in [-0.2, -0.15) is 10.2 Å². The summed E-state index contributed by atoms with van der Waals surface area (Å²) < 4.78 is 14.6. The lowest BCUT2D eigenvalue weighted by atomic mass is 9.77. The van der Waals surface area contributed by atoms with Crippen molar-refractivity contribution in [2.45, 2.75) is 90.6 Å². The van der Waals surface area contributed by atoms with Crippen molar-refractivity contribution >= 4 is 0 Å². The van der Waals surface area contributed by atoms with Crippen LogP contribution < -0.4 is 0 Å². The quantitative estimate of drug-likeness (QED) is 0.546. The summed E-state index contributed by atoms with van der Waals surface area (Å²) in [5, 5.41) is 8.52. The third-order valence-electron chi connectivity index (χ3n) is 5.32. The first-order chi connectivity index (χ1) is 11.2. The molecule has 0 aliphatic heterocycles. The number of hydrogen-bond acceptors (Lipinski definition) is 2. The molecule has 1 unspecified atom stereocenters. The summed E-state index contributed by atoms with van der Waals surface area (Å²) in [6.45, 7) is 4.44. The molecule has 1 saturated carbocycles. The fourth-order valence-corrected chi connectivity index (χ4v) is 3.80. The Labute approximate surface area is 141 Å². The molecule has 0 aromatic carbocycles. The van der Waals surface area contributed by atoms with Crippen molar-refractivity contribution in [3.8, 4) is 0 Å². The minimum atomic E-state index is -0.752. The molecule has 3 heteroatoms. The smallest absolute Gasteiger partial charge is 0.108 e. The van der Waals surface area contributed by atoms with Crippen molar-refractivity contribution < 1.29 is 4.39 Å². The molecule has 0 saturated heterocycles. The van der Waals surface area contributed by atoms with Crippen LogP contribution in [0.4, 0.5) is 4.39 Å². The summed E-state index contributed by atoms with van der Waals surface area (Å²) in [6, 6.07) is 4.01. The summed E-state index contributed by atoms with van der Waals surface area (Å²) in [6.07, 6.45) is 11.4. The first-order valence-corrected chi connectivity index (χ1v) is 9.68. The average molecular weight is 320 g/mol. The predicted molar refractivity (Wildman–Crippen MR) is 94.2 cm³/mol. The lowest BCUT2D eigenvalue weighted by Crippen LogP contribution is -2.25. The molecule has 0 radical (unpaired) electrons. The number of aryl methyl sites for hydroxylation is 1. The van der Waals surface area contributed by atoms with E-state index in [-0.39, 0.29) is 5.92 Å². The van der Waals surface area contributed by atoms with Gasteiger partial charge < -0.3 is 0 Å². The summed E-state index contributed by atoms with van der Waals surface area (Å²) in [4.78, 5) is 0. The van der Waals surface area contributed by atoms with E-state index in [9.17, 15) is 4.39 Å². The van der Waals surface area contributed by atoms with Crippen molar-refractivity contribution in [3.05, 3.63) is 23.5 Å². The Balaban J connectivity index is 1.75. The molecule has 1 aromatic heterocycles. The maximum Gasteiger partial charge on any atom is 0.108 e. The van der Waals surface area contributed by atoms with E-state index in [1.54, 1.807) is 0 Å². The topological polar surface area (TPSA) is 25.8 Å². The highest BCUT2D eigenvalue weighted by molar-refractivity contribution is 5.08.